The fourth-order valence-electron chi connectivity index (χ4n) is 1.55. The fourth-order valence-corrected chi connectivity index (χ4v) is 2.12. The molecule has 0 aliphatic heterocycles. The maximum absolute atomic E-state index is 12.0. The molecule has 0 N–H and O–H groups in total. The number of rotatable bonds is 5. The highest BCUT2D eigenvalue weighted by Crippen LogP contribution is 2.28. The minimum Gasteiger partial charge on any atom is -0.493 e. The van der Waals surface area contributed by atoms with Crippen LogP contribution < -0.4 is 10.3 Å². The van der Waals surface area contributed by atoms with Crippen LogP contribution in [0.2, 0.25) is 0 Å². The van der Waals surface area contributed by atoms with E-state index in [0.29, 0.717) is 11.4 Å². The van der Waals surface area contributed by atoms with Crippen molar-refractivity contribution in [3.63, 3.8) is 0 Å². The number of ether oxygens (including phenoxy) is 2. The summed E-state index contributed by atoms with van der Waals surface area (Å²) in [5.74, 6) is -0.0377. The van der Waals surface area contributed by atoms with Crippen LogP contribution in [0.1, 0.15) is 32.4 Å². The minimum absolute atomic E-state index is 0.0558. The van der Waals surface area contributed by atoms with Crippen molar-refractivity contribution in [2.75, 3.05) is 13.7 Å². The van der Waals surface area contributed by atoms with E-state index in [-0.39, 0.29) is 23.5 Å². The Morgan fingerprint density at radius 1 is 1.47 bits per heavy atom. The van der Waals surface area contributed by atoms with Gasteiger partial charge in [-0.3, -0.25) is 9.59 Å². The summed E-state index contributed by atoms with van der Waals surface area (Å²) >= 11 is 3.19. The molecular weight excluding hydrogens is 316 g/mol. The van der Waals surface area contributed by atoms with Crippen molar-refractivity contribution < 1.29 is 14.3 Å². The second kappa shape index (κ2) is 6.70. The van der Waals surface area contributed by atoms with Crippen molar-refractivity contribution in [2.24, 2.45) is 0 Å². The van der Waals surface area contributed by atoms with Gasteiger partial charge in [0.15, 0.2) is 5.75 Å². The van der Waals surface area contributed by atoms with Gasteiger partial charge >= 0.3 is 5.97 Å². The van der Waals surface area contributed by atoms with E-state index in [9.17, 15) is 9.59 Å². The maximum Gasteiger partial charge on any atom is 0.327 e. The molecule has 0 spiro atoms. The lowest BCUT2D eigenvalue weighted by Crippen LogP contribution is -2.30. The first-order valence-electron chi connectivity index (χ1n) is 5.92. The van der Waals surface area contributed by atoms with Crippen molar-refractivity contribution in [3.8, 4) is 5.75 Å². The molecule has 1 aromatic rings. The molecule has 0 bridgehead atoms. The Hall–Kier alpha value is -1.37. The highest BCUT2D eigenvalue weighted by molar-refractivity contribution is 9.10. The summed E-state index contributed by atoms with van der Waals surface area (Å²) in [5, 5.41) is 4.17. The lowest BCUT2D eigenvalue weighted by Gasteiger charge is -2.14. The van der Waals surface area contributed by atoms with Gasteiger partial charge in [-0.15, -0.1) is 0 Å². The molecule has 7 heteroatoms. The van der Waals surface area contributed by atoms with Crippen molar-refractivity contribution in [1.82, 2.24) is 9.78 Å². The molecule has 0 saturated carbocycles. The van der Waals surface area contributed by atoms with Crippen LogP contribution in [-0.2, 0) is 16.1 Å². The van der Waals surface area contributed by atoms with Gasteiger partial charge in [-0.2, -0.15) is 5.10 Å². The van der Waals surface area contributed by atoms with Crippen molar-refractivity contribution in [2.45, 2.75) is 33.2 Å². The van der Waals surface area contributed by atoms with Gasteiger partial charge in [0.2, 0.25) is 0 Å². The Kier molecular flexibility index (Phi) is 5.53. The van der Waals surface area contributed by atoms with Crippen molar-refractivity contribution in [3.05, 3.63) is 20.5 Å². The molecule has 0 amide bonds. The number of hydrogen-bond donors (Lipinski definition) is 0. The van der Waals surface area contributed by atoms with Crippen LogP contribution in [0.3, 0.4) is 0 Å². The van der Waals surface area contributed by atoms with Gasteiger partial charge in [0.05, 0.1) is 13.7 Å². The number of carbonyl (C=O) groups is 1. The molecule has 1 heterocycles. The van der Waals surface area contributed by atoms with Crippen LogP contribution in [0.25, 0.3) is 0 Å². The van der Waals surface area contributed by atoms with E-state index >= 15 is 0 Å². The van der Waals surface area contributed by atoms with Crippen molar-refractivity contribution >= 4 is 21.9 Å². The van der Waals surface area contributed by atoms with Gasteiger partial charge in [-0.05, 0) is 22.9 Å². The molecule has 0 fully saturated rings. The molecule has 0 saturated heterocycles. The van der Waals surface area contributed by atoms with E-state index in [0.717, 1.165) is 4.68 Å². The minimum atomic E-state index is -0.496. The average molecular weight is 333 g/mol. The molecule has 0 aliphatic rings. The molecule has 6 nitrogen and oxygen atoms in total. The summed E-state index contributed by atoms with van der Waals surface area (Å²) in [5.41, 5.74) is 0.188. The third-order valence-corrected chi connectivity index (χ3v) is 3.12. The summed E-state index contributed by atoms with van der Waals surface area (Å²) < 4.78 is 11.3. The van der Waals surface area contributed by atoms with E-state index in [4.69, 9.17) is 9.47 Å². The van der Waals surface area contributed by atoms with E-state index in [2.05, 4.69) is 21.0 Å². The second-order valence-electron chi connectivity index (χ2n) is 4.15. The summed E-state index contributed by atoms with van der Waals surface area (Å²) in [6, 6.07) is 0. The molecule has 1 rings (SSSR count). The molecular formula is C12H17BrN2O4. The van der Waals surface area contributed by atoms with Gasteiger partial charge in [0.25, 0.3) is 5.56 Å². The fraction of sp³-hybridized carbons (Fsp3) is 0.583. The normalized spacial score (nSPS) is 10.6. The SMILES string of the molecule is CCOC(=O)Cn1nc(C(C)C)c(OC)c(Br)c1=O. The molecule has 0 aliphatic carbocycles. The lowest BCUT2D eigenvalue weighted by molar-refractivity contribution is -0.144. The Bertz CT molecular complexity index is 525. The predicted molar refractivity (Wildman–Crippen MR) is 73.5 cm³/mol. The first-order chi connectivity index (χ1) is 8.92. The smallest absolute Gasteiger partial charge is 0.327 e. The number of hydrogen-bond acceptors (Lipinski definition) is 5. The molecule has 0 atom stereocenters. The molecule has 0 radical (unpaired) electrons. The standard InChI is InChI=1S/C12H17BrN2O4/c1-5-19-8(16)6-15-12(17)9(13)11(18-4)10(14-15)7(2)3/h7H,5-6H2,1-4H3. The van der Waals surface area contributed by atoms with Gasteiger partial charge in [-0.1, -0.05) is 13.8 Å². The number of halogens is 1. The zero-order chi connectivity index (χ0) is 14.6. The molecule has 19 heavy (non-hydrogen) atoms. The van der Waals surface area contributed by atoms with Gasteiger partial charge in [-0.25, -0.2) is 4.68 Å². The average Bonchev–Trinajstić information content (AvgIpc) is 2.34. The van der Waals surface area contributed by atoms with Crippen LogP contribution in [0.4, 0.5) is 0 Å². The quantitative estimate of drug-likeness (QED) is 0.767. The third kappa shape index (κ3) is 3.56. The van der Waals surface area contributed by atoms with E-state index in [1.807, 2.05) is 13.8 Å². The largest absolute Gasteiger partial charge is 0.493 e. The second-order valence-corrected chi connectivity index (χ2v) is 4.95. The van der Waals surface area contributed by atoms with Gasteiger partial charge < -0.3 is 9.47 Å². The monoisotopic (exact) mass is 332 g/mol. The highest BCUT2D eigenvalue weighted by Gasteiger charge is 2.19. The summed E-state index contributed by atoms with van der Waals surface area (Å²) in [6.45, 7) is 5.61. The third-order valence-electron chi connectivity index (χ3n) is 2.42. The van der Waals surface area contributed by atoms with E-state index < -0.39 is 11.5 Å². The van der Waals surface area contributed by atoms with Crippen LogP contribution in [0.5, 0.6) is 5.75 Å². The van der Waals surface area contributed by atoms with Crippen LogP contribution in [-0.4, -0.2) is 29.5 Å². The Labute approximate surface area is 119 Å². The summed E-state index contributed by atoms with van der Waals surface area (Å²) in [7, 11) is 1.47. The molecule has 1 aromatic heterocycles. The number of methoxy groups -OCH3 is 1. The van der Waals surface area contributed by atoms with Gasteiger partial charge in [0, 0.05) is 5.92 Å². The topological polar surface area (TPSA) is 70.4 Å². The molecule has 0 aromatic carbocycles. The summed E-state index contributed by atoms with van der Waals surface area (Å²) in [6.07, 6.45) is 0. The first-order valence-corrected chi connectivity index (χ1v) is 6.71. The number of carbonyl (C=O) groups excluding carboxylic acids is 1. The van der Waals surface area contributed by atoms with Crippen molar-refractivity contribution in [1.29, 1.82) is 0 Å². The number of esters is 1. The number of aromatic nitrogens is 2. The molecule has 106 valence electrons. The van der Waals surface area contributed by atoms with Crippen LogP contribution in [0, 0.1) is 0 Å². The summed E-state index contributed by atoms with van der Waals surface area (Å²) in [4.78, 5) is 23.5. The lowest BCUT2D eigenvalue weighted by atomic mass is 10.1. The maximum atomic E-state index is 12.0. The predicted octanol–water partition coefficient (Wildman–Crippen LogP) is 1.70. The van der Waals surface area contributed by atoms with Crippen LogP contribution in [0.15, 0.2) is 9.27 Å². The Balaban J connectivity index is 3.27. The van der Waals surface area contributed by atoms with E-state index in [1.54, 1.807) is 6.92 Å². The Morgan fingerprint density at radius 3 is 2.58 bits per heavy atom. The zero-order valence-electron chi connectivity index (χ0n) is 11.4. The Morgan fingerprint density at radius 2 is 2.11 bits per heavy atom. The highest BCUT2D eigenvalue weighted by atomic mass is 79.9. The molecule has 0 unspecified atom stereocenters. The van der Waals surface area contributed by atoms with Crippen LogP contribution >= 0.6 is 15.9 Å². The van der Waals surface area contributed by atoms with Gasteiger partial charge in [0.1, 0.15) is 16.7 Å². The number of nitrogens with zero attached hydrogens (tertiary/aromatic N) is 2. The first kappa shape index (κ1) is 15.7. The van der Waals surface area contributed by atoms with E-state index in [1.165, 1.54) is 7.11 Å². The zero-order valence-corrected chi connectivity index (χ0v) is 13.0.